The summed E-state index contributed by atoms with van der Waals surface area (Å²) in [7, 11) is 0. The van der Waals surface area contributed by atoms with E-state index in [4.69, 9.17) is 16.3 Å². The van der Waals surface area contributed by atoms with Crippen LogP contribution in [0.15, 0.2) is 18.2 Å². The van der Waals surface area contributed by atoms with E-state index in [-0.39, 0.29) is 29.7 Å². The molecule has 1 amide bonds. The zero-order valence-corrected chi connectivity index (χ0v) is 13.9. The summed E-state index contributed by atoms with van der Waals surface area (Å²) < 4.78 is 18.9. The fraction of sp³-hybridized carbons (Fsp3) is 0.500. The molecule has 126 valence electrons. The van der Waals surface area contributed by atoms with Crippen LogP contribution >= 0.6 is 11.6 Å². The minimum atomic E-state index is -1.10. The maximum Gasteiger partial charge on any atom is 0.326 e. The van der Waals surface area contributed by atoms with Crippen molar-refractivity contribution in [2.75, 3.05) is 6.54 Å². The summed E-state index contributed by atoms with van der Waals surface area (Å²) in [6, 6.07) is 2.42. The van der Waals surface area contributed by atoms with Crippen molar-refractivity contribution in [1.29, 1.82) is 0 Å². The lowest BCUT2D eigenvalue weighted by Crippen LogP contribution is -2.40. The van der Waals surface area contributed by atoms with Crippen molar-refractivity contribution in [3.63, 3.8) is 0 Å². The van der Waals surface area contributed by atoms with Crippen molar-refractivity contribution in [2.24, 2.45) is 0 Å². The second-order valence-electron chi connectivity index (χ2n) is 6.52. The second kappa shape index (κ2) is 6.45. The third-order valence-corrected chi connectivity index (χ3v) is 3.80. The normalized spacial score (nSPS) is 21.5. The van der Waals surface area contributed by atoms with Crippen LogP contribution in [0.25, 0.3) is 0 Å². The van der Waals surface area contributed by atoms with Crippen molar-refractivity contribution >= 4 is 23.5 Å². The Balaban J connectivity index is 2.24. The number of amides is 1. The molecule has 1 aromatic carbocycles. The van der Waals surface area contributed by atoms with E-state index in [1.807, 2.05) is 20.8 Å². The summed E-state index contributed by atoms with van der Waals surface area (Å²) in [6.45, 7) is 5.75. The molecule has 7 heteroatoms. The number of benzene rings is 1. The average Bonchev–Trinajstić information content (AvgIpc) is 2.79. The van der Waals surface area contributed by atoms with E-state index in [1.165, 1.54) is 11.0 Å². The van der Waals surface area contributed by atoms with Crippen LogP contribution in [0.1, 0.15) is 37.6 Å². The number of ether oxygens (including phenoxy) is 1. The highest BCUT2D eigenvalue weighted by molar-refractivity contribution is 6.33. The highest BCUT2D eigenvalue weighted by Gasteiger charge is 2.42. The van der Waals surface area contributed by atoms with E-state index >= 15 is 0 Å². The van der Waals surface area contributed by atoms with E-state index in [2.05, 4.69) is 0 Å². The Hall–Kier alpha value is -1.66. The van der Waals surface area contributed by atoms with Crippen molar-refractivity contribution in [1.82, 2.24) is 4.90 Å². The Morgan fingerprint density at radius 3 is 2.57 bits per heavy atom. The Morgan fingerprint density at radius 1 is 1.39 bits per heavy atom. The molecule has 5 nitrogen and oxygen atoms in total. The molecule has 2 atom stereocenters. The van der Waals surface area contributed by atoms with Crippen molar-refractivity contribution in [2.45, 2.75) is 44.9 Å². The number of aliphatic carboxylic acids is 1. The number of nitrogens with zero attached hydrogens (tertiary/aromatic N) is 1. The van der Waals surface area contributed by atoms with Gasteiger partial charge in [-0.1, -0.05) is 11.6 Å². The van der Waals surface area contributed by atoms with Crippen LogP contribution in [0, 0.1) is 5.82 Å². The summed E-state index contributed by atoms with van der Waals surface area (Å²) in [5.41, 5.74) is -0.365. The predicted octanol–water partition coefficient (Wildman–Crippen LogP) is 2.96. The summed E-state index contributed by atoms with van der Waals surface area (Å²) in [4.78, 5) is 25.3. The SMILES string of the molecule is CC(C)(C)O[C@@H]1C[C@@H](C(=O)O)N(C(=O)c2ccc(F)cc2Cl)C1. The van der Waals surface area contributed by atoms with Gasteiger partial charge in [-0.3, -0.25) is 4.79 Å². The lowest BCUT2D eigenvalue weighted by molar-refractivity contribution is -0.141. The molecular formula is C16H19ClFNO4. The van der Waals surface area contributed by atoms with Gasteiger partial charge in [0.15, 0.2) is 0 Å². The van der Waals surface area contributed by atoms with Gasteiger partial charge < -0.3 is 14.7 Å². The van der Waals surface area contributed by atoms with Crippen molar-refractivity contribution in [3.05, 3.63) is 34.6 Å². The third-order valence-electron chi connectivity index (χ3n) is 3.49. The first kappa shape index (κ1) is 17.7. The Labute approximate surface area is 139 Å². The number of halogens is 2. The lowest BCUT2D eigenvalue weighted by atomic mass is 10.1. The number of likely N-dealkylation sites (tertiary alicyclic amines) is 1. The van der Waals surface area contributed by atoms with Gasteiger partial charge in [-0.05, 0) is 39.0 Å². The van der Waals surface area contributed by atoms with Crippen molar-refractivity contribution < 1.29 is 23.8 Å². The molecule has 23 heavy (non-hydrogen) atoms. The van der Waals surface area contributed by atoms with Gasteiger partial charge in [0.2, 0.25) is 0 Å². The van der Waals surface area contributed by atoms with Crippen LogP contribution in [-0.4, -0.2) is 46.2 Å². The molecule has 0 aliphatic carbocycles. The first-order chi connectivity index (χ1) is 10.6. The van der Waals surface area contributed by atoms with Gasteiger partial charge >= 0.3 is 5.97 Å². The molecule has 1 aromatic rings. The summed E-state index contributed by atoms with van der Waals surface area (Å²) >= 11 is 5.91. The number of carbonyl (C=O) groups excluding carboxylic acids is 1. The highest BCUT2D eigenvalue weighted by atomic mass is 35.5. The summed E-state index contributed by atoms with van der Waals surface area (Å²) in [5.74, 6) is -2.20. The number of rotatable bonds is 3. The van der Waals surface area contributed by atoms with Crippen LogP contribution in [0.5, 0.6) is 0 Å². The Morgan fingerprint density at radius 2 is 2.04 bits per heavy atom. The van der Waals surface area contributed by atoms with Crippen LogP contribution in [0.3, 0.4) is 0 Å². The first-order valence-corrected chi connectivity index (χ1v) is 7.63. The number of hydrogen-bond acceptors (Lipinski definition) is 3. The fourth-order valence-corrected chi connectivity index (χ4v) is 2.91. The van der Waals surface area contributed by atoms with Gasteiger partial charge in [0.05, 0.1) is 22.3 Å². The number of carbonyl (C=O) groups is 2. The van der Waals surface area contributed by atoms with Crippen LogP contribution < -0.4 is 0 Å². The van der Waals surface area contributed by atoms with Gasteiger partial charge in [0.1, 0.15) is 11.9 Å². The van der Waals surface area contributed by atoms with Crippen LogP contribution in [0.4, 0.5) is 4.39 Å². The molecule has 0 saturated carbocycles. The zero-order valence-electron chi connectivity index (χ0n) is 13.2. The average molecular weight is 344 g/mol. The van der Waals surface area contributed by atoms with Gasteiger partial charge in [-0.25, -0.2) is 9.18 Å². The van der Waals surface area contributed by atoms with E-state index in [9.17, 15) is 19.1 Å². The summed E-state index contributed by atoms with van der Waals surface area (Å²) in [6.07, 6.45) is -0.170. The maximum absolute atomic E-state index is 13.1. The molecule has 0 spiro atoms. The van der Waals surface area contributed by atoms with Gasteiger partial charge in [-0.2, -0.15) is 0 Å². The topological polar surface area (TPSA) is 66.8 Å². The second-order valence-corrected chi connectivity index (χ2v) is 6.93. The molecule has 1 fully saturated rings. The molecule has 0 radical (unpaired) electrons. The molecule has 1 N–H and O–H groups in total. The molecule has 0 bridgehead atoms. The largest absolute Gasteiger partial charge is 0.480 e. The van der Waals surface area contributed by atoms with Gasteiger partial charge in [0.25, 0.3) is 5.91 Å². The Bertz CT molecular complexity index is 629. The standard InChI is InChI=1S/C16H19ClFNO4/c1-16(2,3)23-10-7-13(15(21)22)19(8-10)14(20)11-5-4-9(18)6-12(11)17/h4-6,10,13H,7-8H2,1-3H3,(H,21,22)/t10-,13+/m1/s1. The van der Waals surface area contributed by atoms with E-state index in [0.29, 0.717) is 0 Å². The maximum atomic E-state index is 13.1. The minimum absolute atomic E-state index is 0.0423. The molecule has 0 aromatic heterocycles. The molecule has 1 aliphatic heterocycles. The molecule has 1 heterocycles. The quantitative estimate of drug-likeness (QED) is 0.916. The first-order valence-electron chi connectivity index (χ1n) is 7.25. The van der Waals surface area contributed by atoms with Crippen molar-refractivity contribution in [3.8, 4) is 0 Å². The molecule has 0 unspecified atom stereocenters. The minimum Gasteiger partial charge on any atom is -0.480 e. The number of carboxylic acid groups (broad SMARTS) is 1. The van der Waals surface area contributed by atoms with Gasteiger partial charge in [-0.15, -0.1) is 0 Å². The van der Waals surface area contributed by atoms with E-state index < -0.39 is 29.3 Å². The molecule has 2 rings (SSSR count). The molecule has 1 aliphatic rings. The van der Waals surface area contributed by atoms with E-state index in [1.54, 1.807) is 0 Å². The zero-order chi connectivity index (χ0) is 17.4. The predicted molar refractivity (Wildman–Crippen MR) is 83.1 cm³/mol. The molecule has 1 saturated heterocycles. The van der Waals surface area contributed by atoms with Crippen LogP contribution in [-0.2, 0) is 9.53 Å². The van der Waals surface area contributed by atoms with Crippen LogP contribution in [0.2, 0.25) is 5.02 Å². The number of hydrogen-bond donors (Lipinski definition) is 1. The number of carboxylic acids is 1. The monoisotopic (exact) mass is 343 g/mol. The Kier molecular flexibility index (Phi) is 4.96. The third kappa shape index (κ3) is 4.20. The lowest BCUT2D eigenvalue weighted by Gasteiger charge is -2.25. The summed E-state index contributed by atoms with van der Waals surface area (Å²) in [5, 5.41) is 9.32. The van der Waals surface area contributed by atoms with Gasteiger partial charge in [0, 0.05) is 13.0 Å². The highest BCUT2D eigenvalue weighted by Crippen LogP contribution is 2.28. The molecular weight excluding hydrogens is 325 g/mol. The smallest absolute Gasteiger partial charge is 0.326 e. The fourth-order valence-electron chi connectivity index (χ4n) is 2.66. The van der Waals surface area contributed by atoms with E-state index in [0.717, 1.165) is 12.1 Å².